The molecule has 7 nitrogen and oxygen atoms in total. The monoisotopic (exact) mass is 271 g/mol. The first kappa shape index (κ1) is 12.3. The Balaban J connectivity index is 2.24. The normalized spacial score (nSPS) is 10.9. The van der Waals surface area contributed by atoms with E-state index in [4.69, 9.17) is 4.74 Å². The third-order valence-electron chi connectivity index (χ3n) is 3.03. The maximum absolute atomic E-state index is 11.9. The summed E-state index contributed by atoms with van der Waals surface area (Å²) in [5, 5.41) is 8.30. The number of nitrogens with zero attached hydrogens (tertiary/aromatic N) is 5. The molecule has 0 saturated heterocycles. The molecule has 0 aliphatic heterocycles. The SMILES string of the molecule is CCn1nccc1-c1cc(C(=O)OC)n2nccc2n1. The van der Waals surface area contributed by atoms with E-state index in [1.807, 2.05) is 17.7 Å². The highest BCUT2D eigenvalue weighted by Crippen LogP contribution is 2.19. The van der Waals surface area contributed by atoms with Crippen molar-refractivity contribution in [3.8, 4) is 11.4 Å². The second kappa shape index (κ2) is 4.76. The predicted molar refractivity (Wildman–Crippen MR) is 71.2 cm³/mol. The van der Waals surface area contributed by atoms with Crippen LogP contribution in [0, 0.1) is 0 Å². The van der Waals surface area contributed by atoms with Crippen LogP contribution in [0.25, 0.3) is 17.0 Å². The van der Waals surface area contributed by atoms with Crippen LogP contribution in [-0.2, 0) is 11.3 Å². The van der Waals surface area contributed by atoms with Gasteiger partial charge in [0, 0.05) is 18.8 Å². The van der Waals surface area contributed by atoms with E-state index < -0.39 is 5.97 Å². The lowest BCUT2D eigenvalue weighted by molar-refractivity contribution is 0.0590. The zero-order valence-corrected chi connectivity index (χ0v) is 11.1. The number of carbonyl (C=O) groups excluding carboxylic acids is 1. The topological polar surface area (TPSA) is 74.3 Å². The number of carbonyl (C=O) groups is 1. The Bertz CT molecular complexity index is 774. The van der Waals surface area contributed by atoms with Crippen molar-refractivity contribution >= 4 is 11.6 Å². The molecule has 3 rings (SSSR count). The summed E-state index contributed by atoms with van der Waals surface area (Å²) in [6, 6.07) is 5.26. The standard InChI is InChI=1S/C13H13N5O2/c1-3-17-10(4-6-14-17)9-8-11(13(19)20-2)18-12(16-9)5-7-15-18/h4-8H,3H2,1-2H3. The summed E-state index contributed by atoms with van der Waals surface area (Å²) in [6.45, 7) is 2.72. The number of fused-ring (bicyclic) bond motifs is 1. The van der Waals surface area contributed by atoms with Gasteiger partial charge in [-0.25, -0.2) is 14.3 Å². The average molecular weight is 271 g/mol. The molecule has 7 heteroatoms. The molecule has 0 spiro atoms. The van der Waals surface area contributed by atoms with Crippen LogP contribution in [-0.4, -0.2) is 37.5 Å². The molecule has 0 aromatic carbocycles. The maximum atomic E-state index is 11.9. The van der Waals surface area contributed by atoms with E-state index in [1.165, 1.54) is 11.6 Å². The quantitative estimate of drug-likeness (QED) is 0.673. The lowest BCUT2D eigenvalue weighted by Gasteiger charge is -2.07. The van der Waals surface area contributed by atoms with Gasteiger partial charge in [0.2, 0.25) is 0 Å². The molecule has 0 bridgehead atoms. The van der Waals surface area contributed by atoms with Crippen LogP contribution >= 0.6 is 0 Å². The first-order valence-electron chi connectivity index (χ1n) is 6.20. The van der Waals surface area contributed by atoms with Gasteiger partial charge in [0.05, 0.1) is 24.7 Å². The smallest absolute Gasteiger partial charge is 0.356 e. The summed E-state index contributed by atoms with van der Waals surface area (Å²) in [5.74, 6) is -0.454. The minimum atomic E-state index is -0.454. The van der Waals surface area contributed by atoms with Gasteiger partial charge in [0.25, 0.3) is 0 Å². The number of rotatable bonds is 3. The first-order valence-corrected chi connectivity index (χ1v) is 6.20. The van der Waals surface area contributed by atoms with Crippen molar-refractivity contribution in [2.45, 2.75) is 13.5 Å². The number of aryl methyl sites for hydroxylation is 1. The number of esters is 1. The lowest BCUT2D eigenvalue weighted by atomic mass is 10.2. The van der Waals surface area contributed by atoms with Gasteiger partial charge in [0.15, 0.2) is 11.3 Å². The maximum Gasteiger partial charge on any atom is 0.356 e. The van der Waals surface area contributed by atoms with Gasteiger partial charge in [-0.15, -0.1) is 0 Å². The zero-order valence-electron chi connectivity index (χ0n) is 11.1. The third-order valence-corrected chi connectivity index (χ3v) is 3.03. The van der Waals surface area contributed by atoms with Crippen LogP contribution < -0.4 is 0 Å². The fraction of sp³-hybridized carbons (Fsp3) is 0.231. The van der Waals surface area contributed by atoms with Crippen molar-refractivity contribution < 1.29 is 9.53 Å². The van der Waals surface area contributed by atoms with E-state index in [9.17, 15) is 4.79 Å². The summed E-state index contributed by atoms with van der Waals surface area (Å²) in [6.07, 6.45) is 3.30. The van der Waals surface area contributed by atoms with E-state index in [-0.39, 0.29) is 0 Å². The molecule has 3 aromatic rings. The Morgan fingerprint density at radius 2 is 2.10 bits per heavy atom. The second-order valence-electron chi connectivity index (χ2n) is 4.15. The van der Waals surface area contributed by atoms with E-state index in [1.54, 1.807) is 24.5 Å². The van der Waals surface area contributed by atoms with E-state index in [0.29, 0.717) is 17.0 Å². The molecule has 0 unspecified atom stereocenters. The summed E-state index contributed by atoms with van der Waals surface area (Å²) in [4.78, 5) is 16.4. The number of hydrogen-bond acceptors (Lipinski definition) is 5. The van der Waals surface area contributed by atoms with Gasteiger partial charge in [-0.2, -0.15) is 10.2 Å². The Morgan fingerprint density at radius 3 is 2.85 bits per heavy atom. The molecule has 0 aliphatic carbocycles. The molecule has 0 radical (unpaired) electrons. The molecule has 102 valence electrons. The van der Waals surface area contributed by atoms with Gasteiger partial charge < -0.3 is 4.74 Å². The molecule has 0 amide bonds. The molecule has 0 saturated carbocycles. The van der Waals surface area contributed by atoms with E-state index >= 15 is 0 Å². The van der Waals surface area contributed by atoms with Crippen LogP contribution in [0.5, 0.6) is 0 Å². The van der Waals surface area contributed by atoms with Crippen LogP contribution in [0.4, 0.5) is 0 Å². The minimum Gasteiger partial charge on any atom is -0.464 e. The summed E-state index contributed by atoms with van der Waals surface area (Å²) in [5.41, 5.74) is 2.44. The summed E-state index contributed by atoms with van der Waals surface area (Å²) in [7, 11) is 1.34. The highest BCUT2D eigenvalue weighted by molar-refractivity contribution is 5.89. The van der Waals surface area contributed by atoms with E-state index in [2.05, 4.69) is 15.2 Å². The van der Waals surface area contributed by atoms with Crippen LogP contribution in [0.1, 0.15) is 17.4 Å². The highest BCUT2D eigenvalue weighted by Gasteiger charge is 2.16. The molecule has 3 aromatic heterocycles. The Labute approximate surface area is 114 Å². The average Bonchev–Trinajstić information content (AvgIpc) is 3.13. The van der Waals surface area contributed by atoms with Crippen molar-refractivity contribution in [1.82, 2.24) is 24.4 Å². The van der Waals surface area contributed by atoms with Gasteiger partial charge in [-0.1, -0.05) is 0 Å². The fourth-order valence-corrected chi connectivity index (χ4v) is 2.10. The van der Waals surface area contributed by atoms with Crippen LogP contribution in [0.2, 0.25) is 0 Å². The van der Waals surface area contributed by atoms with Crippen molar-refractivity contribution in [3.05, 3.63) is 36.3 Å². The van der Waals surface area contributed by atoms with Crippen LogP contribution in [0.15, 0.2) is 30.6 Å². The first-order chi connectivity index (χ1) is 9.74. The Hall–Kier alpha value is -2.70. The van der Waals surface area contributed by atoms with Gasteiger partial charge >= 0.3 is 5.97 Å². The highest BCUT2D eigenvalue weighted by atomic mass is 16.5. The molecule has 20 heavy (non-hydrogen) atoms. The Kier molecular flexibility index (Phi) is 2.94. The van der Waals surface area contributed by atoms with Crippen molar-refractivity contribution in [3.63, 3.8) is 0 Å². The van der Waals surface area contributed by atoms with Crippen molar-refractivity contribution in [1.29, 1.82) is 0 Å². The summed E-state index contributed by atoms with van der Waals surface area (Å²) >= 11 is 0. The lowest BCUT2D eigenvalue weighted by Crippen LogP contribution is -2.11. The number of ether oxygens (including phenoxy) is 1. The summed E-state index contributed by atoms with van der Waals surface area (Å²) < 4.78 is 8.07. The molecule has 0 atom stereocenters. The Morgan fingerprint density at radius 1 is 1.30 bits per heavy atom. The molecular weight excluding hydrogens is 258 g/mol. The molecular formula is C13H13N5O2. The predicted octanol–water partition coefficient (Wildman–Crippen LogP) is 1.40. The fourth-order valence-electron chi connectivity index (χ4n) is 2.10. The largest absolute Gasteiger partial charge is 0.464 e. The van der Waals surface area contributed by atoms with Crippen molar-refractivity contribution in [2.75, 3.05) is 7.11 Å². The molecule has 3 heterocycles. The van der Waals surface area contributed by atoms with Gasteiger partial charge in [-0.05, 0) is 19.1 Å². The number of hydrogen-bond donors (Lipinski definition) is 0. The molecule has 0 aliphatic rings. The third kappa shape index (κ3) is 1.83. The molecule has 0 fully saturated rings. The molecule has 0 N–H and O–H groups in total. The van der Waals surface area contributed by atoms with Crippen LogP contribution in [0.3, 0.4) is 0 Å². The van der Waals surface area contributed by atoms with E-state index in [0.717, 1.165) is 12.2 Å². The van der Waals surface area contributed by atoms with Gasteiger partial charge in [-0.3, -0.25) is 4.68 Å². The minimum absolute atomic E-state index is 0.335. The van der Waals surface area contributed by atoms with Crippen molar-refractivity contribution in [2.24, 2.45) is 0 Å². The second-order valence-corrected chi connectivity index (χ2v) is 4.15. The zero-order chi connectivity index (χ0) is 14.1. The van der Waals surface area contributed by atoms with Gasteiger partial charge in [0.1, 0.15) is 0 Å². The number of aromatic nitrogens is 5. The number of methoxy groups -OCH3 is 1.